The van der Waals surface area contributed by atoms with Crippen molar-refractivity contribution in [1.29, 1.82) is 0 Å². The quantitative estimate of drug-likeness (QED) is 0.857. The zero-order chi connectivity index (χ0) is 16.2. The Morgan fingerprint density at radius 1 is 1.43 bits per heavy atom. The topological polar surface area (TPSA) is 70.7 Å². The van der Waals surface area contributed by atoms with Crippen LogP contribution in [0.3, 0.4) is 0 Å². The van der Waals surface area contributed by atoms with E-state index in [0.29, 0.717) is 5.69 Å². The summed E-state index contributed by atoms with van der Waals surface area (Å²) in [5, 5.41) is 17.0. The molecule has 1 unspecified atom stereocenters. The highest BCUT2D eigenvalue weighted by Crippen LogP contribution is 2.41. The highest BCUT2D eigenvalue weighted by Gasteiger charge is 2.63. The molecule has 1 aromatic heterocycles. The van der Waals surface area contributed by atoms with Gasteiger partial charge in [-0.25, -0.2) is 0 Å². The molecular weight excluding hydrogens is 313 g/mol. The van der Waals surface area contributed by atoms with Crippen molar-refractivity contribution in [3.63, 3.8) is 0 Å². The van der Waals surface area contributed by atoms with Crippen LogP contribution >= 0.6 is 11.6 Å². The Labute approximate surface area is 122 Å². The van der Waals surface area contributed by atoms with E-state index >= 15 is 0 Å². The molecule has 1 aliphatic heterocycles. The number of aliphatic hydroxyl groups is 1. The van der Waals surface area contributed by atoms with Crippen molar-refractivity contribution in [3.8, 4) is 0 Å². The monoisotopic (exact) mass is 324 g/mol. The number of halogens is 4. The van der Waals surface area contributed by atoms with Crippen LogP contribution in [0.1, 0.15) is 29.5 Å². The average Bonchev–Trinajstić information content (AvgIpc) is 2.80. The largest absolute Gasteiger partial charge is 0.438 e. The second-order valence-electron chi connectivity index (χ2n) is 4.81. The number of hydrazone groups is 1. The minimum absolute atomic E-state index is 0.00398. The number of hydrogen-bond donors (Lipinski definition) is 1. The third-order valence-corrected chi connectivity index (χ3v) is 3.69. The number of amides is 1. The predicted molar refractivity (Wildman–Crippen MR) is 67.9 cm³/mol. The zero-order valence-corrected chi connectivity index (χ0v) is 12.1. The number of aryl methyl sites for hydroxylation is 1. The molecule has 1 aromatic rings. The standard InChI is InChI=1S/C11H12ClF3N4O2/c1-5-4-10(21,11(13,14)15)19(16-5)9(20)8-7(12)6(2)18(3)17-8/h21H,4H2,1-3H3. The fourth-order valence-corrected chi connectivity index (χ4v) is 2.21. The molecule has 0 spiro atoms. The minimum atomic E-state index is -5.06. The van der Waals surface area contributed by atoms with E-state index in [4.69, 9.17) is 11.6 Å². The summed E-state index contributed by atoms with van der Waals surface area (Å²) in [5.74, 6) is -1.21. The number of nitrogens with zero attached hydrogens (tertiary/aromatic N) is 4. The van der Waals surface area contributed by atoms with Crippen molar-refractivity contribution in [2.24, 2.45) is 12.1 Å². The summed E-state index contributed by atoms with van der Waals surface area (Å²) < 4.78 is 40.4. The third kappa shape index (κ3) is 2.30. The highest BCUT2D eigenvalue weighted by molar-refractivity contribution is 6.34. The Bertz CT molecular complexity index is 640. The lowest BCUT2D eigenvalue weighted by atomic mass is 10.1. The number of carbonyl (C=O) groups is 1. The molecule has 116 valence electrons. The summed E-state index contributed by atoms with van der Waals surface area (Å²) in [4.78, 5) is 12.2. The van der Waals surface area contributed by atoms with Gasteiger partial charge in [0.25, 0.3) is 11.6 Å². The second-order valence-corrected chi connectivity index (χ2v) is 5.19. The molecule has 0 radical (unpaired) electrons. The molecule has 1 N–H and O–H groups in total. The first-order valence-corrected chi connectivity index (χ1v) is 6.23. The first kappa shape index (κ1) is 15.8. The molecule has 2 rings (SSSR count). The van der Waals surface area contributed by atoms with Gasteiger partial charge in [0, 0.05) is 19.2 Å². The number of carbonyl (C=O) groups excluding carboxylic acids is 1. The molecule has 10 heteroatoms. The van der Waals surface area contributed by atoms with Crippen LogP contribution in [-0.4, -0.2) is 43.4 Å². The van der Waals surface area contributed by atoms with Gasteiger partial charge < -0.3 is 5.11 Å². The summed E-state index contributed by atoms with van der Waals surface area (Å²) in [7, 11) is 1.49. The SMILES string of the molecule is CC1=NN(C(=O)c2nn(C)c(C)c2Cl)C(O)(C(F)(F)F)C1. The van der Waals surface area contributed by atoms with Gasteiger partial charge in [0.15, 0.2) is 5.69 Å². The van der Waals surface area contributed by atoms with Gasteiger partial charge in [0.05, 0.1) is 10.7 Å². The molecule has 21 heavy (non-hydrogen) atoms. The first-order chi connectivity index (χ1) is 9.49. The van der Waals surface area contributed by atoms with E-state index < -0.39 is 29.9 Å². The average molecular weight is 325 g/mol. The molecule has 1 aliphatic rings. The predicted octanol–water partition coefficient (Wildman–Crippen LogP) is 1.85. The Morgan fingerprint density at radius 3 is 2.43 bits per heavy atom. The number of alkyl halides is 3. The summed E-state index contributed by atoms with van der Waals surface area (Å²) in [6.07, 6.45) is -5.87. The molecule has 1 amide bonds. The van der Waals surface area contributed by atoms with Gasteiger partial charge in [-0.3, -0.25) is 9.48 Å². The van der Waals surface area contributed by atoms with Crippen molar-refractivity contribution in [3.05, 3.63) is 16.4 Å². The Hall–Kier alpha value is -1.61. The maximum absolute atomic E-state index is 13.1. The number of rotatable bonds is 1. The third-order valence-electron chi connectivity index (χ3n) is 3.23. The van der Waals surface area contributed by atoms with Crippen molar-refractivity contribution >= 4 is 23.2 Å². The summed E-state index contributed by atoms with van der Waals surface area (Å²) in [6.45, 7) is 2.84. The lowest BCUT2D eigenvalue weighted by Crippen LogP contribution is -2.56. The first-order valence-electron chi connectivity index (χ1n) is 5.86. The maximum Gasteiger partial charge on any atom is 0.438 e. The van der Waals surface area contributed by atoms with Crippen molar-refractivity contribution in [2.75, 3.05) is 0 Å². The molecule has 0 bridgehead atoms. The van der Waals surface area contributed by atoms with Crippen LogP contribution in [0.4, 0.5) is 13.2 Å². The molecule has 0 aromatic carbocycles. The smallest absolute Gasteiger partial charge is 0.362 e. The molecular formula is C11H12ClF3N4O2. The summed E-state index contributed by atoms with van der Waals surface area (Å²) in [5.41, 5.74) is -3.39. The van der Waals surface area contributed by atoms with Gasteiger partial charge >= 0.3 is 6.18 Å². The van der Waals surface area contributed by atoms with E-state index in [9.17, 15) is 23.1 Å². The van der Waals surface area contributed by atoms with Gasteiger partial charge in [0.1, 0.15) is 0 Å². The molecule has 6 nitrogen and oxygen atoms in total. The Kier molecular flexibility index (Phi) is 3.53. The zero-order valence-electron chi connectivity index (χ0n) is 11.4. The fourth-order valence-electron chi connectivity index (χ4n) is 1.97. The van der Waals surface area contributed by atoms with Gasteiger partial charge in [-0.05, 0) is 13.8 Å². The van der Waals surface area contributed by atoms with Crippen LogP contribution in [0.15, 0.2) is 5.10 Å². The Morgan fingerprint density at radius 2 is 2.00 bits per heavy atom. The van der Waals surface area contributed by atoms with Crippen LogP contribution in [-0.2, 0) is 7.05 Å². The van der Waals surface area contributed by atoms with Crippen LogP contribution in [0.5, 0.6) is 0 Å². The fraction of sp³-hybridized carbons (Fsp3) is 0.545. The maximum atomic E-state index is 13.1. The van der Waals surface area contributed by atoms with Crippen LogP contribution in [0.2, 0.25) is 5.02 Å². The van der Waals surface area contributed by atoms with Crippen molar-refractivity contribution < 1.29 is 23.1 Å². The molecule has 0 aliphatic carbocycles. The number of aromatic nitrogens is 2. The Balaban J connectivity index is 2.48. The normalized spacial score (nSPS) is 22.7. The van der Waals surface area contributed by atoms with Crippen molar-refractivity contribution in [2.45, 2.75) is 32.2 Å². The van der Waals surface area contributed by atoms with E-state index in [0.717, 1.165) is 0 Å². The van der Waals surface area contributed by atoms with Gasteiger partial charge in [0.2, 0.25) is 0 Å². The van der Waals surface area contributed by atoms with Gasteiger partial charge in [-0.1, -0.05) is 11.6 Å². The van der Waals surface area contributed by atoms with Crippen LogP contribution in [0.25, 0.3) is 0 Å². The van der Waals surface area contributed by atoms with Gasteiger partial charge in [-0.2, -0.15) is 28.4 Å². The molecule has 0 saturated carbocycles. The van der Waals surface area contributed by atoms with E-state index in [2.05, 4.69) is 10.2 Å². The van der Waals surface area contributed by atoms with Crippen molar-refractivity contribution in [1.82, 2.24) is 14.8 Å². The second kappa shape index (κ2) is 4.70. The molecule has 0 fully saturated rings. The van der Waals surface area contributed by atoms with E-state index in [1.165, 1.54) is 18.7 Å². The van der Waals surface area contributed by atoms with Gasteiger partial charge in [-0.15, -0.1) is 0 Å². The summed E-state index contributed by atoms with van der Waals surface area (Å²) >= 11 is 5.89. The number of hydrogen-bond acceptors (Lipinski definition) is 4. The minimum Gasteiger partial charge on any atom is -0.362 e. The lowest BCUT2D eigenvalue weighted by Gasteiger charge is -2.32. The van der Waals surface area contributed by atoms with E-state index in [-0.39, 0.29) is 15.7 Å². The summed E-state index contributed by atoms with van der Waals surface area (Å²) in [6, 6.07) is 0. The van der Waals surface area contributed by atoms with E-state index in [1.54, 1.807) is 6.92 Å². The highest BCUT2D eigenvalue weighted by atomic mass is 35.5. The van der Waals surface area contributed by atoms with Crippen LogP contribution in [0, 0.1) is 6.92 Å². The van der Waals surface area contributed by atoms with Crippen LogP contribution < -0.4 is 0 Å². The van der Waals surface area contributed by atoms with E-state index in [1.807, 2.05) is 0 Å². The lowest BCUT2D eigenvalue weighted by molar-refractivity contribution is -0.297. The molecule has 2 heterocycles. The molecule has 0 saturated heterocycles. The molecule has 1 atom stereocenters.